The molecule has 2 aromatic heterocycles. The predicted molar refractivity (Wildman–Crippen MR) is 53.7 cm³/mol. The molecule has 0 saturated heterocycles. The Labute approximate surface area is 80.9 Å². The minimum Gasteiger partial charge on any atom is -0.360 e. The monoisotopic (exact) mass is 195 g/mol. The van der Waals surface area contributed by atoms with Crippen LogP contribution in [0.1, 0.15) is 18.7 Å². The van der Waals surface area contributed by atoms with Crippen molar-refractivity contribution in [3.63, 3.8) is 0 Å². The highest BCUT2D eigenvalue weighted by Crippen LogP contribution is 2.23. The van der Waals surface area contributed by atoms with E-state index in [-0.39, 0.29) is 6.04 Å². The van der Waals surface area contributed by atoms with Crippen LogP contribution in [-0.2, 0) is 0 Å². The molecule has 0 aliphatic heterocycles. The van der Waals surface area contributed by atoms with Gasteiger partial charge in [0.15, 0.2) is 0 Å². The van der Waals surface area contributed by atoms with E-state index in [4.69, 9.17) is 17.3 Å². The molecule has 2 aromatic rings. The third-order valence-corrected chi connectivity index (χ3v) is 2.25. The Morgan fingerprint density at radius 2 is 2.38 bits per heavy atom. The second-order valence-corrected chi connectivity index (χ2v) is 3.46. The Balaban J connectivity index is 2.69. The number of hydrogen-bond donors (Lipinski definition) is 2. The van der Waals surface area contributed by atoms with E-state index in [0.717, 1.165) is 16.7 Å². The van der Waals surface area contributed by atoms with Crippen molar-refractivity contribution in [1.82, 2.24) is 9.97 Å². The van der Waals surface area contributed by atoms with E-state index < -0.39 is 0 Å². The Morgan fingerprint density at radius 1 is 1.62 bits per heavy atom. The Bertz CT molecular complexity index is 433. The molecule has 3 nitrogen and oxygen atoms in total. The zero-order valence-corrected chi connectivity index (χ0v) is 7.97. The molecule has 0 bridgehead atoms. The quantitative estimate of drug-likeness (QED) is 0.733. The van der Waals surface area contributed by atoms with E-state index in [9.17, 15) is 0 Å². The maximum Gasteiger partial charge on any atom is 0.0883 e. The van der Waals surface area contributed by atoms with Crippen molar-refractivity contribution in [3.8, 4) is 0 Å². The first kappa shape index (κ1) is 8.53. The van der Waals surface area contributed by atoms with Crippen molar-refractivity contribution in [2.45, 2.75) is 13.0 Å². The first-order chi connectivity index (χ1) is 6.18. The molecule has 2 heterocycles. The summed E-state index contributed by atoms with van der Waals surface area (Å²) in [6.07, 6.45) is 1.83. The van der Waals surface area contributed by atoms with Gasteiger partial charge in [-0.1, -0.05) is 11.6 Å². The smallest absolute Gasteiger partial charge is 0.0883 e. The van der Waals surface area contributed by atoms with E-state index >= 15 is 0 Å². The van der Waals surface area contributed by atoms with E-state index in [1.165, 1.54) is 0 Å². The number of hydrogen-bond acceptors (Lipinski definition) is 2. The van der Waals surface area contributed by atoms with Gasteiger partial charge in [0.05, 0.1) is 21.7 Å². The van der Waals surface area contributed by atoms with Crippen LogP contribution < -0.4 is 5.73 Å². The number of pyridine rings is 1. The number of aromatic nitrogens is 2. The lowest BCUT2D eigenvalue weighted by atomic mass is 10.2. The Morgan fingerprint density at radius 3 is 3.08 bits per heavy atom. The maximum atomic E-state index is 5.99. The molecule has 1 atom stereocenters. The molecule has 0 fully saturated rings. The number of nitrogens with two attached hydrogens (primary N) is 1. The van der Waals surface area contributed by atoms with Gasteiger partial charge in [0, 0.05) is 12.2 Å². The van der Waals surface area contributed by atoms with Gasteiger partial charge in [-0.2, -0.15) is 0 Å². The highest BCUT2D eigenvalue weighted by molar-refractivity contribution is 6.31. The predicted octanol–water partition coefficient (Wildman–Crippen LogP) is 2.24. The van der Waals surface area contributed by atoms with Crippen LogP contribution >= 0.6 is 11.6 Å². The molecule has 0 spiro atoms. The zero-order valence-electron chi connectivity index (χ0n) is 7.21. The second kappa shape index (κ2) is 3.01. The average molecular weight is 196 g/mol. The summed E-state index contributed by atoms with van der Waals surface area (Å²) in [5, 5.41) is 0.616. The lowest BCUT2D eigenvalue weighted by molar-refractivity contribution is 0.787. The lowest BCUT2D eigenvalue weighted by Crippen LogP contribution is -2.07. The van der Waals surface area contributed by atoms with Crippen LogP contribution in [0.25, 0.3) is 11.0 Å². The standard InChI is InChI=1S/C9H10ClN3/c1-5(11)9-6(10)4-8-7(13-9)2-3-12-8/h2-5,12H,11H2,1H3. The van der Waals surface area contributed by atoms with Gasteiger partial charge in [-0.15, -0.1) is 0 Å². The fraction of sp³-hybridized carbons (Fsp3) is 0.222. The zero-order chi connectivity index (χ0) is 9.42. The number of aromatic amines is 1. The summed E-state index contributed by atoms with van der Waals surface area (Å²) in [6.45, 7) is 1.87. The Kier molecular flexibility index (Phi) is 1.98. The topological polar surface area (TPSA) is 54.7 Å². The average Bonchev–Trinajstić information content (AvgIpc) is 2.48. The van der Waals surface area contributed by atoms with Crippen molar-refractivity contribution >= 4 is 22.6 Å². The van der Waals surface area contributed by atoms with Crippen LogP contribution in [-0.4, -0.2) is 9.97 Å². The number of fused-ring (bicyclic) bond motifs is 1. The van der Waals surface area contributed by atoms with E-state index in [2.05, 4.69) is 9.97 Å². The van der Waals surface area contributed by atoms with Gasteiger partial charge >= 0.3 is 0 Å². The van der Waals surface area contributed by atoms with Gasteiger partial charge in [-0.05, 0) is 19.1 Å². The minimum atomic E-state index is -0.133. The molecular weight excluding hydrogens is 186 g/mol. The molecule has 1 unspecified atom stereocenters. The van der Waals surface area contributed by atoms with Gasteiger partial charge in [-0.25, -0.2) is 4.98 Å². The van der Waals surface area contributed by atoms with Crippen molar-refractivity contribution in [2.75, 3.05) is 0 Å². The number of halogens is 1. The summed E-state index contributed by atoms with van der Waals surface area (Å²) in [5.41, 5.74) is 8.30. The van der Waals surface area contributed by atoms with Crippen LogP contribution in [0.15, 0.2) is 18.3 Å². The van der Waals surface area contributed by atoms with Crippen LogP contribution in [0.4, 0.5) is 0 Å². The van der Waals surface area contributed by atoms with Crippen molar-refractivity contribution in [3.05, 3.63) is 29.0 Å². The lowest BCUT2D eigenvalue weighted by Gasteiger charge is -2.06. The van der Waals surface area contributed by atoms with Gasteiger partial charge < -0.3 is 10.7 Å². The molecule has 0 aliphatic carbocycles. The Hall–Kier alpha value is -1.06. The first-order valence-corrected chi connectivity index (χ1v) is 4.45. The largest absolute Gasteiger partial charge is 0.360 e. The first-order valence-electron chi connectivity index (χ1n) is 4.07. The van der Waals surface area contributed by atoms with Crippen molar-refractivity contribution in [1.29, 1.82) is 0 Å². The van der Waals surface area contributed by atoms with Gasteiger partial charge in [0.2, 0.25) is 0 Å². The highest BCUT2D eigenvalue weighted by Gasteiger charge is 2.08. The summed E-state index contributed by atoms with van der Waals surface area (Å²) in [6, 6.07) is 3.62. The highest BCUT2D eigenvalue weighted by atomic mass is 35.5. The number of nitrogens with one attached hydrogen (secondary N) is 1. The number of rotatable bonds is 1. The van der Waals surface area contributed by atoms with Crippen LogP contribution in [0.5, 0.6) is 0 Å². The third-order valence-electron chi connectivity index (χ3n) is 1.94. The van der Waals surface area contributed by atoms with Crippen molar-refractivity contribution in [2.24, 2.45) is 5.73 Å². The molecule has 13 heavy (non-hydrogen) atoms. The third kappa shape index (κ3) is 1.41. The molecule has 0 aliphatic rings. The SMILES string of the molecule is CC(N)c1nc2cc[nH]c2cc1Cl. The molecule has 4 heteroatoms. The summed E-state index contributed by atoms with van der Waals surface area (Å²) in [5.74, 6) is 0. The van der Waals surface area contributed by atoms with E-state index in [1.54, 1.807) is 0 Å². The van der Waals surface area contributed by atoms with E-state index in [0.29, 0.717) is 5.02 Å². The van der Waals surface area contributed by atoms with E-state index in [1.807, 2.05) is 25.3 Å². The summed E-state index contributed by atoms with van der Waals surface area (Å²) in [4.78, 5) is 7.38. The molecule has 0 saturated carbocycles. The maximum absolute atomic E-state index is 5.99. The molecule has 0 amide bonds. The van der Waals surface area contributed by atoms with Crippen LogP contribution in [0, 0.1) is 0 Å². The molecule has 0 aromatic carbocycles. The minimum absolute atomic E-state index is 0.133. The fourth-order valence-electron chi connectivity index (χ4n) is 1.29. The molecule has 2 rings (SSSR count). The van der Waals surface area contributed by atoms with Crippen LogP contribution in [0.3, 0.4) is 0 Å². The number of H-pyrrole nitrogens is 1. The molecular formula is C9H10ClN3. The van der Waals surface area contributed by atoms with Crippen molar-refractivity contribution < 1.29 is 0 Å². The number of nitrogens with zero attached hydrogens (tertiary/aromatic N) is 1. The van der Waals surface area contributed by atoms with Gasteiger partial charge in [0.1, 0.15) is 0 Å². The molecule has 3 N–H and O–H groups in total. The van der Waals surface area contributed by atoms with Gasteiger partial charge in [0.25, 0.3) is 0 Å². The summed E-state index contributed by atoms with van der Waals surface area (Å²) in [7, 11) is 0. The van der Waals surface area contributed by atoms with Crippen LogP contribution in [0.2, 0.25) is 5.02 Å². The fourth-order valence-corrected chi connectivity index (χ4v) is 1.61. The normalized spacial score (nSPS) is 13.5. The molecule has 68 valence electrons. The summed E-state index contributed by atoms with van der Waals surface area (Å²) >= 11 is 5.99. The second-order valence-electron chi connectivity index (χ2n) is 3.05. The molecule has 0 radical (unpaired) electrons. The van der Waals surface area contributed by atoms with Gasteiger partial charge in [-0.3, -0.25) is 0 Å². The summed E-state index contributed by atoms with van der Waals surface area (Å²) < 4.78 is 0.